The molecule has 0 heterocycles. The van der Waals surface area contributed by atoms with Crippen LogP contribution in [0.15, 0.2) is 72.8 Å². The fraction of sp³-hybridized carbons (Fsp3) is 0.355. The van der Waals surface area contributed by atoms with Crippen molar-refractivity contribution in [2.45, 2.75) is 64.1 Å². The van der Waals surface area contributed by atoms with Gasteiger partial charge in [-0.2, -0.15) is 0 Å². The predicted molar refractivity (Wildman–Crippen MR) is 153 cm³/mol. The summed E-state index contributed by atoms with van der Waals surface area (Å²) in [5.74, 6) is -0.0577. The van der Waals surface area contributed by atoms with E-state index in [-0.39, 0.29) is 24.5 Å². The van der Waals surface area contributed by atoms with E-state index in [2.05, 4.69) is 5.32 Å². The topological polar surface area (TPSA) is 58.6 Å². The average Bonchev–Trinajstić information content (AvgIpc) is 2.92. The van der Waals surface area contributed by atoms with Crippen LogP contribution in [-0.4, -0.2) is 35.4 Å². The zero-order valence-electron chi connectivity index (χ0n) is 21.7. The summed E-state index contributed by atoms with van der Waals surface area (Å²) < 4.78 is 5.82. The summed E-state index contributed by atoms with van der Waals surface area (Å²) in [5, 5.41) is 4.06. The average molecular weight is 554 g/mol. The molecule has 1 atom stereocenters. The minimum Gasteiger partial charge on any atom is -0.482 e. The van der Waals surface area contributed by atoms with Crippen LogP contribution in [0.5, 0.6) is 5.75 Å². The van der Waals surface area contributed by atoms with E-state index in [0.717, 1.165) is 42.4 Å². The Hall–Kier alpha value is -3.02. The fourth-order valence-corrected chi connectivity index (χ4v) is 5.35. The first-order chi connectivity index (χ1) is 18.4. The predicted octanol–water partition coefficient (Wildman–Crippen LogP) is 6.77. The lowest BCUT2D eigenvalue weighted by atomic mass is 9.94. The van der Waals surface area contributed by atoms with Gasteiger partial charge in [-0.15, -0.1) is 0 Å². The highest BCUT2D eigenvalue weighted by molar-refractivity contribution is 6.35. The Morgan fingerprint density at radius 3 is 2.39 bits per heavy atom. The molecule has 0 radical (unpaired) electrons. The smallest absolute Gasteiger partial charge is 0.261 e. The number of carbonyl (C=O) groups excluding carboxylic acids is 2. The molecule has 7 heteroatoms. The van der Waals surface area contributed by atoms with Crippen LogP contribution in [0.25, 0.3) is 0 Å². The maximum Gasteiger partial charge on any atom is 0.261 e. The van der Waals surface area contributed by atoms with Gasteiger partial charge < -0.3 is 15.0 Å². The molecule has 38 heavy (non-hydrogen) atoms. The third kappa shape index (κ3) is 7.75. The van der Waals surface area contributed by atoms with Gasteiger partial charge in [-0.3, -0.25) is 9.59 Å². The fourth-order valence-electron chi connectivity index (χ4n) is 4.88. The Morgan fingerprint density at radius 1 is 0.974 bits per heavy atom. The molecule has 0 aromatic heterocycles. The zero-order valence-corrected chi connectivity index (χ0v) is 23.2. The maximum atomic E-state index is 13.8. The Bertz CT molecular complexity index is 1230. The lowest BCUT2D eigenvalue weighted by molar-refractivity contribution is -0.143. The van der Waals surface area contributed by atoms with Crippen molar-refractivity contribution < 1.29 is 14.3 Å². The van der Waals surface area contributed by atoms with Crippen LogP contribution in [0.1, 0.15) is 48.8 Å². The van der Waals surface area contributed by atoms with Crippen LogP contribution in [-0.2, 0) is 22.6 Å². The van der Waals surface area contributed by atoms with Crippen molar-refractivity contribution in [1.82, 2.24) is 10.2 Å². The van der Waals surface area contributed by atoms with Gasteiger partial charge in [0.15, 0.2) is 6.61 Å². The second kappa shape index (κ2) is 13.7. The van der Waals surface area contributed by atoms with Crippen molar-refractivity contribution in [3.8, 4) is 5.75 Å². The molecule has 5 nitrogen and oxygen atoms in total. The molecule has 1 aliphatic rings. The molecule has 0 aliphatic heterocycles. The van der Waals surface area contributed by atoms with E-state index in [4.69, 9.17) is 27.9 Å². The van der Waals surface area contributed by atoms with Crippen LogP contribution in [0.4, 0.5) is 0 Å². The standard InChI is InChI=1S/C31H34Cl2N2O3/c1-22-10-8-9-13-24(22)20-35(30(36)21-38-29-17-16-25(32)19-27(29)33)28(18-23-11-4-2-5-12-23)31(37)34-26-14-6-3-7-15-26/h2,4-5,8-13,16-17,19,26,28H,3,6-7,14-15,18,20-21H2,1H3,(H,34,37). The van der Waals surface area contributed by atoms with Gasteiger partial charge in [0, 0.05) is 24.0 Å². The summed E-state index contributed by atoms with van der Waals surface area (Å²) in [6, 6.07) is 22.0. The summed E-state index contributed by atoms with van der Waals surface area (Å²) in [5.41, 5.74) is 3.02. The third-order valence-electron chi connectivity index (χ3n) is 7.07. The Balaban J connectivity index is 1.62. The molecule has 0 spiro atoms. The number of halogens is 2. The molecule has 3 aromatic carbocycles. The molecular formula is C31H34Cl2N2O3. The first-order valence-corrected chi connectivity index (χ1v) is 13.9. The molecule has 3 aromatic rings. The molecule has 1 saturated carbocycles. The van der Waals surface area contributed by atoms with E-state index in [9.17, 15) is 9.59 Å². The second-order valence-electron chi connectivity index (χ2n) is 9.86. The first kappa shape index (κ1) is 28.0. The van der Waals surface area contributed by atoms with E-state index < -0.39 is 6.04 Å². The Morgan fingerprint density at radius 2 is 1.68 bits per heavy atom. The molecule has 1 fully saturated rings. The van der Waals surface area contributed by atoms with E-state index in [1.54, 1.807) is 23.1 Å². The first-order valence-electron chi connectivity index (χ1n) is 13.2. The zero-order chi connectivity index (χ0) is 26.9. The summed E-state index contributed by atoms with van der Waals surface area (Å²) in [6.45, 7) is 2.05. The van der Waals surface area contributed by atoms with E-state index in [0.29, 0.717) is 28.8 Å². The van der Waals surface area contributed by atoms with Crippen molar-refractivity contribution in [3.63, 3.8) is 0 Å². The molecule has 4 rings (SSSR count). The number of ether oxygens (including phenoxy) is 1. The van der Waals surface area contributed by atoms with Gasteiger partial charge >= 0.3 is 0 Å². The van der Waals surface area contributed by atoms with Crippen LogP contribution < -0.4 is 10.1 Å². The summed E-state index contributed by atoms with van der Waals surface area (Å²) in [7, 11) is 0. The van der Waals surface area contributed by atoms with Gasteiger partial charge in [0.1, 0.15) is 11.8 Å². The van der Waals surface area contributed by atoms with Crippen LogP contribution in [0, 0.1) is 6.92 Å². The lowest BCUT2D eigenvalue weighted by Gasteiger charge is -2.33. The summed E-state index contributed by atoms with van der Waals surface area (Å²) >= 11 is 12.3. The van der Waals surface area contributed by atoms with Crippen LogP contribution in [0.3, 0.4) is 0 Å². The van der Waals surface area contributed by atoms with E-state index >= 15 is 0 Å². The Kier molecular flexibility index (Phi) is 10.1. The van der Waals surface area contributed by atoms with Crippen molar-refractivity contribution >= 4 is 35.0 Å². The van der Waals surface area contributed by atoms with Gasteiger partial charge in [0.25, 0.3) is 5.91 Å². The number of rotatable bonds is 10. The largest absolute Gasteiger partial charge is 0.482 e. The van der Waals surface area contributed by atoms with Crippen LogP contribution in [0.2, 0.25) is 10.0 Å². The van der Waals surface area contributed by atoms with Gasteiger partial charge in [-0.05, 0) is 54.7 Å². The molecule has 1 aliphatic carbocycles. The second-order valence-corrected chi connectivity index (χ2v) is 10.7. The lowest BCUT2D eigenvalue weighted by Crippen LogP contribution is -2.53. The van der Waals surface area contributed by atoms with E-state index in [1.807, 2.05) is 61.5 Å². The van der Waals surface area contributed by atoms with Gasteiger partial charge in [0.05, 0.1) is 5.02 Å². The third-order valence-corrected chi connectivity index (χ3v) is 7.60. The van der Waals surface area contributed by atoms with E-state index in [1.165, 1.54) is 6.42 Å². The molecular weight excluding hydrogens is 519 g/mol. The van der Waals surface area contributed by atoms with Crippen LogP contribution >= 0.6 is 23.2 Å². The minimum absolute atomic E-state index is 0.132. The van der Waals surface area contributed by atoms with Gasteiger partial charge in [0.2, 0.25) is 5.91 Å². The number of carbonyl (C=O) groups is 2. The normalized spacial score (nSPS) is 14.5. The Labute approximate surface area is 235 Å². The highest BCUT2D eigenvalue weighted by atomic mass is 35.5. The summed E-state index contributed by atoms with van der Waals surface area (Å²) in [6.07, 6.45) is 5.74. The quantitative estimate of drug-likeness (QED) is 0.302. The molecule has 1 N–H and O–H groups in total. The highest BCUT2D eigenvalue weighted by Gasteiger charge is 2.32. The monoisotopic (exact) mass is 552 g/mol. The molecule has 2 amide bonds. The number of amides is 2. The van der Waals surface area contributed by atoms with Crippen molar-refractivity contribution in [3.05, 3.63) is 99.5 Å². The molecule has 1 unspecified atom stereocenters. The molecule has 0 saturated heterocycles. The van der Waals surface area contributed by atoms with Gasteiger partial charge in [-0.1, -0.05) is 97.1 Å². The number of aryl methyl sites for hydroxylation is 1. The number of nitrogens with zero attached hydrogens (tertiary/aromatic N) is 1. The number of benzene rings is 3. The maximum absolute atomic E-state index is 13.8. The number of hydrogen-bond donors (Lipinski definition) is 1. The van der Waals surface area contributed by atoms with Crippen molar-refractivity contribution in [1.29, 1.82) is 0 Å². The number of hydrogen-bond acceptors (Lipinski definition) is 3. The molecule has 200 valence electrons. The summed E-state index contributed by atoms with van der Waals surface area (Å²) in [4.78, 5) is 29.3. The SMILES string of the molecule is Cc1ccccc1CN(C(=O)COc1ccc(Cl)cc1Cl)C(Cc1ccccc1)C(=O)NC1CCCCC1. The van der Waals surface area contributed by atoms with Crippen molar-refractivity contribution in [2.24, 2.45) is 0 Å². The van der Waals surface area contributed by atoms with Gasteiger partial charge in [-0.25, -0.2) is 0 Å². The highest BCUT2D eigenvalue weighted by Crippen LogP contribution is 2.28. The number of nitrogens with one attached hydrogen (secondary N) is 1. The minimum atomic E-state index is -0.698. The molecule has 0 bridgehead atoms. The van der Waals surface area contributed by atoms with Crippen molar-refractivity contribution in [2.75, 3.05) is 6.61 Å².